The van der Waals surface area contributed by atoms with Crippen LogP contribution in [-0.4, -0.2) is 21.7 Å². The highest BCUT2D eigenvalue weighted by Gasteiger charge is 2.00. The van der Waals surface area contributed by atoms with E-state index in [-0.39, 0.29) is 5.82 Å². The molecule has 0 aliphatic rings. The minimum Gasteiger partial charge on any atom is -0.353 e. The first-order chi connectivity index (χ1) is 8.78. The number of nitrogens with one attached hydrogen (secondary N) is 2. The number of nitrogens with zero attached hydrogens (tertiary/aromatic N) is 3. The summed E-state index contributed by atoms with van der Waals surface area (Å²) in [5.74, 6) is 0.769. The Kier molecular flexibility index (Phi) is 4.01. The highest BCUT2D eigenvalue weighted by molar-refractivity contribution is 5.55. The third kappa shape index (κ3) is 3.38. The summed E-state index contributed by atoms with van der Waals surface area (Å²) in [6, 6.07) is 6.04. The first-order valence-corrected chi connectivity index (χ1v) is 5.74. The summed E-state index contributed by atoms with van der Waals surface area (Å²) in [7, 11) is 0. The van der Waals surface area contributed by atoms with E-state index in [9.17, 15) is 4.39 Å². The molecular weight excluding hydrogens is 233 g/mol. The fourth-order valence-electron chi connectivity index (χ4n) is 1.36. The summed E-state index contributed by atoms with van der Waals surface area (Å²) in [6.07, 6.45) is 2.50. The third-order valence-corrected chi connectivity index (χ3v) is 2.21. The number of hydrogen-bond donors (Lipinski definition) is 2. The molecule has 2 rings (SSSR count). The van der Waals surface area contributed by atoms with Crippen molar-refractivity contribution in [1.82, 2.24) is 15.2 Å². The van der Waals surface area contributed by atoms with E-state index < -0.39 is 0 Å². The molecule has 0 amide bonds. The van der Waals surface area contributed by atoms with Gasteiger partial charge in [0, 0.05) is 12.2 Å². The molecule has 0 bridgehead atoms. The van der Waals surface area contributed by atoms with Crippen molar-refractivity contribution in [3.63, 3.8) is 0 Å². The van der Waals surface area contributed by atoms with Crippen LogP contribution in [-0.2, 0) is 0 Å². The van der Waals surface area contributed by atoms with Crippen molar-refractivity contribution in [1.29, 1.82) is 0 Å². The monoisotopic (exact) mass is 247 g/mol. The van der Waals surface area contributed by atoms with Gasteiger partial charge in [0.05, 0.1) is 6.20 Å². The van der Waals surface area contributed by atoms with Crippen LogP contribution in [0.15, 0.2) is 30.5 Å². The standard InChI is InChI=1S/C12H14FN5/c1-2-7-14-12-17-11(8-15-18-12)16-10-5-3-9(13)4-6-10/h3-6,8H,2,7H2,1H3,(H2,14,16,17,18). The van der Waals surface area contributed by atoms with Gasteiger partial charge in [-0.1, -0.05) is 6.92 Å². The molecule has 0 saturated carbocycles. The van der Waals surface area contributed by atoms with Gasteiger partial charge in [-0.05, 0) is 30.7 Å². The molecule has 2 N–H and O–H groups in total. The maximum atomic E-state index is 12.8. The first-order valence-electron chi connectivity index (χ1n) is 5.74. The lowest BCUT2D eigenvalue weighted by atomic mass is 10.3. The van der Waals surface area contributed by atoms with Crippen molar-refractivity contribution in [2.75, 3.05) is 17.2 Å². The number of hydrogen-bond acceptors (Lipinski definition) is 5. The van der Waals surface area contributed by atoms with Crippen molar-refractivity contribution in [2.45, 2.75) is 13.3 Å². The van der Waals surface area contributed by atoms with Crippen molar-refractivity contribution in [3.8, 4) is 0 Å². The Morgan fingerprint density at radius 3 is 2.72 bits per heavy atom. The summed E-state index contributed by atoms with van der Waals surface area (Å²) in [5.41, 5.74) is 0.748. The molecule has 5 nitrogen and oxygen atoms in total. The SMILES string of the molecule is CCCNc1nncc(Nc2ccc(F)cc2)n1. The lowest BCUT2D eigenvalue weighted by molar-refractivity contribution is 0.628. The Balaban J connectivity index is 2.06. The second-order valence-electron chi connectivity index (χ2n) is 3.72. The normalized spacial score (nSPS) is 10.1. The number of aromatic nitrogens is 3. The van der Waals surface area contributed by atoms with Crippen LogP contribution in [0.4, 0.5) is 21.8 Å². The number of benzene rings is 1. The van der Waals surface area contributed by atoms with E-state index in [2.05, 4.69) is 32.7 Å². The van der Waals surface area contributed by atoms with Gasteiger partial charge in [0.15, 0.2) is 5.82 Å². The summed E-state index contributed by atoms with van der Waals surface area (Å²) < 4.78 is 12.8. The molecule has 0 aliphatic carbocycles. The Labute approximate surface area is 104 Å². The van der Waals surface area contributed by atoms with Crippen LogP contribution < -0.4 is 10.6 Å². The zero-order valence-corrected chi connectivity index (χ0v) is 10.0. The van der Waals surface area contributed by atoms with Crippen molar-refractivity contribution in [3.05, 3.63) is 36.3 Å². The molecule has 0 atom stereocenters. The van der Waals surface area contributed by atoms with Gasteiger partial charge in [-0.3, -0.25) is 0 Å². The van der Waals surface area contributed by atoms with Crippen LogP contribution in [0.3, 0.4) is 0 Å². The van der Waals surface area contributed by atoms with Crippen LogP contribution in [0, 0.1) is 5.82 Å². The maximum Gasteiger partial charge on any atom is 0.244 e. The van der Waals surface area contributed by atoms with E-state index >= 15 is 0 Å². The van der Waals surface area contributed by atoms with Gasteiger partial charge < -0.3 is 10.6 Å². The molecule has 18 heavy (non-hydrogen) atoms. The van der Waals surface area contributed by atoms with E-state index in [0.717, 1.165) is 18.7 Å². The third-order valence-electron chi connectivity index (χ3n) is 2.21. The first kappa shape index (κ1) is 12.2. The van der Waals surface area contributed by atoms with Gasteiger partial charge >= 0.3 is 0 Å². The summed E-state index contributed by atoms with van der Waals surface area (Å²) in [5, 5.41) is 13.8. The van der Waals surface area contributed by atoms with E-state index in [1.54, 1.807) is 12.1 Å². The Morgan fingerprint density at radius 1 is 1.22 bits per heavy atom. The van der Waals surface area contributed by atoms with Crippen LogP contribution in [0.2, 0.25) is 0 Å². The molecule has 1 aromatic heterocycles. The molecule has 1 aromatic carbocycles. The molecule has 1 heterocycles. The second kappa shape index (κ2) is 5.90. The molecule has 6 heteroatoms. The summed E-state index contributed by atoms with van der Waals surface area (Å²) in [6.45, 7) is 2.85. The van der Waals surface area contributed by atoms with E-state index in [0.29, 0.717) is 11.8 Å². The predicted octanol–water partition coefficient (Wildman–Crippen LogP) is 2.58. The number of anilines is 3. The smallest absolute Gasteiger partial charge is 0.244 e. The molecule has 0 fully saturated rings. The quantitative estimate of drug-likeness (QED) is 0.850. The van der Waals surface area contributed by atoms with Crippen molar-refractivity contribution < 1.29 is 4.39 Å². The van der Waals surface area contributed by atoms with Crippen LogP contribution in [0.1, 0.15) is 13.3 Å². The molecule has 2 aromatic rings. The van der Waals surface area contributed by atoms with Gasteiger partial charge in [-0.15, -0.1) is 5.10 Å². The van der Waals surface area contributed by atoms with Gasteiger partial charge in [0.1, 0.15) is 5.82 Å². The van der Waals surface area contributed by atoms with Crippen LogP contribution >= 0.6 is 0 Å². The van der Waals surface area contributed by atoms with Crippen molar-refractivity contribution in [2.24, 2.45) is 0 Å². The Hall–Kier alpha value is -2.24. The lowest BCUT2D eigenvalue weighted by Crippen LogP contribution is -2.06. The zero-order chi connectivity index (χ0) is 12.8. The van der Waals surface area contributed by atoms with Gasteiger partial charge in [-0.2, -0.15) is 10.1 Å². The number of halogens is 1. The lowest BCUT2D eigenvalue weighted by Gasteiger charge is -2.06. The minimum absolute atomic E-state index is 0.272. The molecule has 94 valence electrons. The highest BCUT2D eigenvalue weighted by atomic mass is 19.1. The maximum absolute atomic E-state index is 12.8. The van der Waals surface area contributed by atoms with E-state index in [1.165, 1.54) is 18.3 Å². The molecular formula is C12H14FN5. The highest BCUT2D eigenvalue weighted by Crippen LogP contribution is 2.14. The average molecular weight is 247 g/mol. The largest absolute Gasteiger partial charge is 0.353 e. The Bertz CT molecular complexity index is 500. The zero-order valence-electron chi connectivity index (χ0n) is 10.0. The second-order valence-corrected chi connectivity index (χ2v) is 3.72. The fourth-order valence-corrected chi connectivity index (χ4v) is 1.36. The Morgan fingerprint density at radius 2 is 2.00 bits per heavy atom. The van der Waals surface area contributed by atoms with Crippen molar-refractivity contribution >= 4 is 17.5 Å². The van der Waals surface area contributed by atoms with Crippen LogP contribution in [0.25, 0.3) is 0 Å². The molecule has 0 spiro atoms. The van der Waals surface area contributed by atoms with E-state index in [1.807, 2.05) is 0 Å². The molecule has 0 radical (unpaired) electrons. The van der Waals surface area contributed by atoms with Gasteiger partial charge in [-0.25, -0.2) is 4.39 Å². The molecule has 0 saturated heterocycles. The van der Waals surface area contributed by atoms with Gasteiger partial charge in [0.2, 0.25) is 5.95 Å². The minimum atomic E-state index is -0.272. The fraction of sp³-hybridized carbons (Fsp3) is 0.250. The molecule has 0 aliphatic heterocycles. The average Bonchev–Trinajstić information content (AvgIpc) is 2.40. The van der Waals surface area contributed by atoms with Crippen LogP contribution in [0.5, 0.6) is 0 Å². The summed E-state index contributed by atoms with van der Waals surface area (Å²) in [4.78, 5) is 4.24. The topological polar surface area (TPSA) is 62.7 Å². The number of rotatable bonds is 5. The van der Waals surface area contributed by atoms with Gasteiger partial charge in [0.25, 0.3) is 0 Å². The van der Waals surface area contributed by atoms with E-state index in [4.69, 9.17) is 0 Å². The molecule has 0 unspecified atom stereocenters. The predicted molar refractivity (Wildman–Crippen MR) is 68.3 cm³/mol. The summed E-state index contributed by atoms with van der Waals surface area (Å²) >= 11 is 0.